The number of nitrogens with two attached hydrogens (primary N) is 1. The summed E-state index contributed by atoms with van der Waals surface area (Å²) in [5.41, 5.74) is 8.49. The van der Waals surface area contributed by atoms with Gasteiger partial charge in [0, 0.05) is 6.54 Å². The summed E-state index contributed by atoms with van der Waals surface area (Å²) in [6.07, 6.45) is 0. The van der Waals surface area contributed by atoms with E-state index >= 15 is 0 Å². The van der Waals surface area contributed by atoms with Crippen LogP contribution in [0, 0.1) is 0 Å². The Hall–Kier alpha value is -1.77. The lowest BCUT2D eigenvalue weighted by Gasteiger charge is -2.10. The third-order valence-corrected chi connectivity index (χ3v) is 3.05. The van der Waals surface area contributed by atoms with Crippen molar-refractivity contribution in [2.75, 3.05) is 13.2 Å². The van der Waals surface area contributed by atoms with Crippen molar-refractivity contribution in [2.24, 2.45) is 5.73 Å². The molecule has 0 spiro atoms. The second-order valence-corrected chi connectivity index (χ2v) is 4.66. The molecule has 0 aliphatic carbocycles. The van der Waals surface area contributed by atoms with Gasteiger partial charge in [-0.3, -0.25) is 0 Å². The van der Waals surface area contributed by atoms with Gasteiger partial charge in [-0.1, -0.05) is 54.6 Å². The Morgan fingerprint density at radius 1 is 1.11 bits per heavy atom. The van der Waals surface area contributed by atoms with Crippen molar-refractivity contribution in [3.05, 3.63) is 65.7 Å². The van der Waals surface area contributed by atoms with Crippen molar-refractivity contribution >= 4 is 11.6 Å². The van der Waals surface area contributed by atoms with Crippen LogP contribution in [0.25, 0.3) is 11.1 Å². The van der Waals surface area contributed by atoms with Gasteiger partial charge in [-0.05, 0) is 28.8 Å². The molecular formula is C16H16ClNO. The molecule has 0 heterocycles. The second kappa shape index (κ2) is 6.41. The van der Waals surface area contributed by atoms with E-state index < -0.39 is 0 Å². The third kappa shape index (κ3) is 3.60. The van der Waals surface area contributed by atoms with Crippen molar-refractivity contribution in [3.63, 3.8) is 0 Å². The first-order chi connectivity index (χ1) is 9.20. The van der Waals surface area contributed by atoms with E-state index in [2.05, 4.69) is 6.58 Å². The zero-order valence-electron chi connectivity index (χ0n) is 10.6. The summed E-state index contributed by atoms with van der Waals surface area (Å²) in [5, 5.41) is 0.589. The number of ether oxygens (including phenoxy) is 1. The molecule has 98 valence electrons. The molecule has 0 saturated carbocycles. The van der Waals surface area contributed by atoms with E-state index in [1.165, 1.54) is 0 Å². The normalized spacial score (nSPS) is 10.2. The van der Waals surface area contributed by atoms with Gasteiger partial charge in [0.1, 0.15) is 12.4 Å². The Labute approximate surface area is 118 Å². The molecule has 19 heavy (non-hydrogen) atoms. The molecule has 0 fully saturated rings. The molecule has 0 saturated heterocycles. The van der Waals surface area contributed by atoms with Crippen LogP contribution in [-0.4, -0.2) is 13.2 Å². The van der Waals surface area contributed by atoms with Crippen molar-refractivity contribution in [2.45, 2.75) is 0 Å². The van der Waals surface area contributed by atoms with E-state index in [9.17, 15) is 0 Å². The van der Waals surface area contributed by atoms with Gasteiger partial charge < -0.3 is 10.5 Å². The Kier molecular flexibility index (Phi) is 4.61. The summed E-state index contributed by atoms with van der Waals surface area (Å²) < 4.78 is 5.57. The Bertz CT molecular complexity index is 566. The van der Waals surface area contributed by atoms with E-state index in [-0.39, 0.29) is 0 Å². The molecule has 0 bridgehead atoms. The number of hydrogen-bond acceptors (Lipinski definition) is 2. The largest absolute Gasteiger partial charge is 0.488 e. The van der Waals surface area contributed by atoms with Crippen LogP contribution >= 0.6 is 11.6 Å². The van der Waals surface area contributed by atoms with Gasteiger partial charge in [-0.25, -0.2) is 0 Å². The fourth-order valence-corrected chi connectivity index (χ4v) is 1.90. The molecule has 0 aliphatic rings. The van der Waals surface area contributed by atoms with Gasteiger partial charge in [-0.2, -0.15) is 0 Å². The molecular weight excluding hydrogens is 258 g/mol. The van der Waals surface area contributed by atoms with Gasteiger partial charge in [0.05, 0.1) is 5.02 Å². The van der Waals surface area contributed by atoms with Crippen LogP contribution in [0.2, 0.25) is 5.02 Å². The smallest absolute Gasteiger partial charge is 0.138 e. The lowest BCUT2D eigenvalue weighted by Crippen LogP contribution is -2.09. The quantitative estimate of drug-likeness (QED) is 0.839. The number of halogens is 1. The fourth-order valence-electron chi connectivity index (χ4n) is 1.67. The molecule has 2 aromatic rings. The molecule has 0 amide bonds. The molecule has 0 unspecified atom stereocenters. The first-order valence-electron chi connectivity index (χ1n) is 6.05. The van der Waals surface area contributed by atoms with Crippen LogP contribution in [-0.2, 0) is 0 Å². The van der Waals surface area contributed by atoms with E-state index in [4.69, 9.17) is 22.1 Å². The van der Waals surface area contributed by atoms with Gasteiger partial charge >= 0.3 is 0 Å². The Morgan fingerprint density at radius 3 is 2.47 bits per heavy atom. The topological polar surface area (TPSA) is 35.2 Å². The number of hydrogen-bond donors (Lipinski definition) is 1. The molecule has 0 radical (unpaired) electrons. The van der Waals surface area contributed by atoms with Crippen molar-refractivity contribution in [1.82, 2.24) is 0 Å². The first-order valence-corrected chi connectivity index (χ1v) is 6.43. The molecule has 0 aromatic heterocycles. The predicted molar refractivity (Wildman–Crippen MR) is 80.6 cm³/mol. The molecule has 2 aromatic carbocycles. The minimum atomic E-state index is 0.390. The van der Waals surface area contributed by atoms with E-state index in [1.54, 1.807) is 0 Å². The van der Waals surface area contributed by atoms with E-state index in [1.807, 2.05) is 48.5 Å². The average Bonchev–Trinajstić information content (AvgIpc) is 2.46. The predicted octanol–water partition coefficient (Wildman–Crippen LogP) is 3.90. The zero-order chi connectivity index (χ0) is 13.7. The van der Waals surface area contributed by atoms with Crippen LogP contribution in [0.1, 0.15) is 0 Å². The summed E-state index contributed by atoms with van der Waals surface area (Å²) in [5.74, 6) is 0.649. The van der Waals surface area contributed by atoms with E-state index in [0.717, 1.165) is 16.7 Å². The molecule has 2 N–H and O–H groups in total. The van der Waals surface area contributed by atoms with Gasteiger partial charge in [0.25, 0.3) is 0 Å². The number of benzene rings is 2. The fraction of sp³-hybridized carbons (Fsp3) is 0.125. The minimum Gasteiger partial charge on any atom is -0.488 e. The third-order valence-electron chi connectivity index (χ3n) is 2.76. The highest BCUT2D eigenvalue weighted by Crippen LogP contribution is 2.30. The summed E-state index contributed by atoms with van der Waals surface area (Å²) in [4.78, 5) is 0. The van der Waals surface area contributed by atoms with Gasteiger partial charge in [-0.15, -0.1) is 0 Å². The van der Waals surface area contributed by atoms with Crippen LogP contribution in [0.5, 0.6) is 5.75 Å². The maximum Gasteiger partial charge on any atom is 0.138 e. The SMILES string of the molecule is C=C(CN)COc1ccc(-c2ccccc2)cc1Cl. The summed E-state index contributed by atoms with van der Waals surface area (Å²) in [6.45, 7) is 4.60. The highest BCUT2D eigenvalue weighted by molar-refractivity contribution is 6.32. The Morgan fingerprint density at radius 2 is 1.84 bits per heavy atom. The van der Waals surface area contributed by atoms with Crippen molar-refractivity contribution < 1.29 is 4.74 Å². The average molecular weight is 274 g/mol. The van der Waals surface area contributed by atoms with Crippen molar-refractivity contribution in [1.29, 1.82) is 0 Å². The zero-order valence-corrected chi connectivity index (χ0v) is 11.4. The lowest BCUT2D eigenvalue weighted by molar-refractivity contribution is 0.351. The highest BCUT2D eigenvalue weighted by Gasteiger charge is 2.05. The minimum absolute atomic E-state index is 0.390. The Balaban J connectivity index is 2.16. The monoisotopic (exact) mass is 273 g/mol. The van der Waals surface area contributed by atoms with Crippen LogP contribution in [0.3, 0.4) is 0 Å². The van der Waals surface area contributed by atoms with E-state index in [0.29, 0.717) is 23.9 Å². The summed E-state index contributed by atoms with van der Waals surface area (Å²) >= 11 is 6.22. The first kappa shape index (κ1) is 13.7. The number of rotatable bonds is 5. The molecule has 0 atom stereocenters. The molecule has 2 rings (SSSR count). The standard InChI is InChI=1S/C16H16ClNO/c1-12(10-18)11-19-16-8-7-14(9-15(16)17)13-5-3-2-4-6-13/h2-9H,1,10-11,18H2. The lowest BCUT2D eigenvalue weighted by atomic mass is 10.1. The summed E-state index contributed by atoms with van der Waals surface area (Å²) in [6, 6.07) is 15.8. The van der Waals surface area contributed by atoms with Crippen LogP contribution in [0.15, 0.2) is 60.7 Å². The summed E-state index contributed by atoms with van der Waals surface area (Å²) in [7, 11) is 0. The molecule has 0 aliphatic heterocycles. The van der Waals surface area contributed by atoms with Crippen LogP contribution < -0.4 is 10.5 Å². The van der Waals surface area contributed by atoms with Gasteiger partial charge in [0.2, 0.25) is 0 Å². The maximum atomic E-state index is 6.22. The molecule has 2 nitrogen and oxygen atoms in total. The van der Waals surface area contributed by atoms with Crippen LogP contribution in [0.4, 0.5) is 0 Å². The highest BCUT2D eigenvalue weighted by atomic mass is 35.5. The molecule has 3 heteroatoms. The van der Waals surface area contributed by atoms with Gasteiger partial charge in [0.15, 0.2) is 0 Å². The van der Waals surface area contributed by atoms with Crippen molar-refractivity contribution in [3.8, 4) is 16.9 Å². The second-order valence-electron chi connectivity index (χ2n) is 4.25. The maximum absolute atomic E-state index is 6.22.